The predicted molar refractivity (Wildman–Crippen MR) is 74.0 cm³/mol. The normalized spacial score (nSPS) is 14.2. The second-order valence-electron chi connectivity index (χ2n) is 4.63. The number of hydrogen-bond donors (Lipinski definition) is 0. The molecule has 1 aliphatic rings. The Hall–Kier alpha value is -1.36. The Balaban J connectivity index is 1.85. The third-order valence-electron chi connectivity index (χ3n) is 3.08. The molecule has 0 aromatic carbocycles. The summed E-state index contributed by atoms with van der Waals surface area (Å²) in [5, 5.41) is 1.97. The van der Waals surface area contributed by atoms with E-state index in [2.05, 4.69) is 0 Å². The average Bonchev–Trinajstić information content (AvgIpc) is 3.08. The van der Waals surface area contributed by atoms with Crippen LogP contribution in [-0.2, 0) is 20.7 Å². The summed E-state index contributed by atoms with van der Waals surface area (Å²) in [6, 6.07) is 4.26. The van der Waals surface area contributed by atoms with Gasteiger partial charge in [-0.05, 0) is 31.2 Å². The fourth-order valence-corrected chi connectivity index (χ4v) is 2.70. The lowest BCUT2D eigenvalue weighted by Crippen LogP contribution is -2.36. The van der Waals surface area contributed by atoms with Crippen LogP contribution in [0.25, 0.3) is 0 Å². The van der Waals surface area contributed by atoms with E-state index in [0.29, 0.717) is 32.0 Å². The first-order valence-electron chi connectivity index (χ1n) is 6.68. The zero-order valence-electron chi connectivity index (χ0n) is 11.1. The van der Waals surface area contributed by atoms with Crippen LogP contribution in [0.15, 0.2) is 17.5 Å². The van der Waals surface area contributed by atoms with E-state index >= 15 is 0 Å². The zero-order chi connectivity index (χ0) is 13.7. The van der Waals surface area contributed by atoms with Crippen LogP contribution in [0.3, 0.4) is 0 Å². The minimum absolute atomic E-state index is 0.120. The molecule has 1 fully saturated rings. The van der Waals surface area contributed by atoms with Crippen molar-refractivity contribution in [1.82, 2.24) is 4.90 Å². The molecule has 0 spiro atoms. The summed E-state index contributed by atoms with van der Waals surface area (Å²) in [6.07, 6.45) is 2.84. The van der Waals surface area contributed by atoms with Crippen molar-refractivity contribution in [2.75, 3.05) is 13.2 Å². The molecule has 0 bridgehead atoms. The number of ether oxygens (including phenoxy) is 1. The van der Waals surface area contributed by atoms with Crippen molar-refractivity contribution in [3.05, 3.63) is 22.4 Å². The van der Waals surface area contributed by atoms with E-state index in [4.69, 9.17) is 4.74 Å². The first-order chi connectivity index (χ1) is 9.20. The summed E-state index contributed by atoms with van der Waals surface area (Å²) in [6.45, 7) is 2.66. The van der Waals surface area contributed by atoms with Crippen molar-refractivity contribution in [2.45, 2.75) is 38.6 Å². The Morgan fingerprint density at radius 1 is 1.47 bits per heavy atom. The molecule has 5 heteroatoms. The topological polar surface area (TPSA) is 46.6 Å². The SMILES string of the molecule is CCOC(=O)CCN(C(=O)Cc1cccs1)C1CC1. The van der Waals surface area contributed by atoms with Crippen molar-refractivity contribution in [2.24, 2.45) is 0 Å². The Morgan fingerprint density at radius 3 is 2.84 bits per heavy atom. The highest BCUT2D eigenvalue weighted by molar-refractivity contribution is 7.10. The van der Waals surface area contributed by atoms with Gasteiger partial charge in [-0.1, -0.05) is 6.07 Å². The fraction of sp³-hybridized carbons (Fsp3) is 0.571. The lowest BCUT2D eigenvalue weighted by atomic mass is 10.2. The van der Waals surface area contributed by atoms with Crippen LogP contribution >= 0.6 is 11.3 Å². The van der Waals surface area contributed by atoms with Crippen LogP contribution < -0.4 is 0 Å². The highest BCUT2D eigenvalue weighted by atomic mass is 32.1. The van der Waals surface area contributed by atoms with Crippen LogP contribution in [0, 0.1) is 0 Å². The summed E-state index contributed by atoms with van der Waals surface area (Å²) < 4.78 is 4.90. The molecule has 0 atom stereocenters. The molecule has 104 valence electrons. The number of hydrogen-bond acceptors (Lipinski definition) is 4. The molecule has 0 N–H and O–H groups in total. The molecular formula is C14H19NO3S. The van der Waals surface area contributed by atoms with Crippen molar-refractivity contribution < 1.29 is 14.3 Å². The van der Waals surface area contributed by atoms with E-state index in [1.807, 2.05) is 22.4 Å². The second kappa shape index (κ2) is 6.70. The molecule has 4 nitrogen and oxygen atoms in total. The monoisotopic (exact) mass is 281 g/mol. The first kappa shape index (κ1) is 14.1. The van der Waals surface area contributed by atoms with Gasteiger partial charge in [-0.15, -0.1) is 11.3 Å². The second-order valence-corrected chi connectivity index (χ2v) is 5.66. The summed E-state index contributed by atoms with van der Waals surface area (Å²) >= 11 is 1.59. The van der Waals surface area contributed by atoms with Crippen LogP contribution in [-0.4, -0.2) is 36.0 Å². The van der Waals surface area contributed by atoms with Gasteiger partial charge in [-0.2, -0.15) is 0 Å². The van der Waals surface area contributed by atoms with E-state index in [1.54, 1.807) is 18.3 Å². The molecule has 1 amide bonds. The van der Waals surface area contributed by atoms with E-state index in [-0.39, 0.29) is 11.9 Å². The molecule has 0 unspecified atom stereocenters. The van der Waals surface area contributed by atoms with Gasteiger partial charge in [0.05, 0.1) is 19.4 Å². The molecule has 0 radical (unpaired) electrons. The fourth-order valence-electron chi connectivity index (χ4n) is 2.01. The van der Waals surface area contributed by atoms with E-state index in [1.165, 1.54) is 0 Å². The maximum atomic E-state index is 12.2. The summed E-state index contributed by atoms with van der Waals surface area (Å²) in [7, 11) is 0. The minimum Gasteiger partial charge on any atom is -0.466 e. The molecule has 1 aromatic rings. The van der Waals surface area contributed by atoms with Gasteiger partial charge in [0.1, 0.15) is 0 Å². The van der Waals surface area contributed by atoms with Crippen molar-refractivity contribution >= 4 is 23.2 Å². The molecule has 1 aliphatic carbocycles. The maximum absolute atomic E-state index is 12.2. The number of carbonyl (C=O) groups is 2. The highest BCUT2D eigenvalue weighted by Crippen LogP contribution is 2.28. The van der Waals surface area contributed by atoms with Crippen molar-refractivity contribution in [3.8, 4) is 0 Å². The van der Waals surface area contributed by atoms with Gasteiger partial charge in [0.2, 0.25) is 5.91 Å². The average molecular weight is 281 g/mol. The molecule has 0 saturated heterocycles. The van der Waals surface area contributed by atoms with Crippen LogP contribution in [0.4, 0.5) is 0 Å². The smallest absolute Gasteiger partial charge is 0.307 e. The van der Waals surface area contributed by atoms with Gasteiger partial charge in [-0.3, -0.25) is 9.59 Å². The van der Waals surface area contributed by atoms with Crippen LogP contribution in [0.1, 0.15) is 31.1 Å². The minimum atomic E-state index is -0.225. The lowest BCUT2D eigenvalue weighted by molar-refractivity contribution is -0.144. The van der Waals surface area contributed by atoms with Gasteiger partial charge in [0, 0.05) is 17.5 Å². The van der Waals surface area contributed by atoms with Gasteiger partial charge in [0.15, 0.2) is 0 Å². The van der Waals surface area contributed by atoms with E-state index in [0.717, 1.165) is 17.7 Å². The van der Waals surface area contributed by atoms with Crippen molar-refractivity contribution in [1.29, 1.82) is 0 Å². The summed E-state index contributed by atoms with van der Waals surface area (Å²) in [4.78, 5) is 26.5. The highest BCUT2D eigenvalue weighted by Gasteiger charge is 2.32. The Morgan fingerprint density at radius 2 is 2.26 bits per heavy atom. The molecule has 1 saturated carbocycles. The Kier molecular flexibility index (Phi) is 4.96. The number of amides is 1. The van der Waals surface area contributed by atoms with E-state index < -0.39 is 0 Å². The maximum Gasteiger partial charge on any atom is 0.307 e. The summed E-state index contributed by atoms with van der Waals surface area (Å²) in [5.74, 6) is -0.105. The van der Waals surface area contributed by atoms with Crippen LogP contribution in [0.2, 0.25) is 0 Å². The molecule has 0 aliphatic heterocycles. The number of carbonyl (C=O) groups excluding carboxylic acids is 2. The van der Waals surface area contributed by atoms with Gasteiger partial charge < -0.3 is 9.64 Å². The van der Waals surface area contributed by atoms with Crippen LogP contribution in [0.5, 0.6) is 0 Å². The molecule has 2 rings (SSSR count). The first-order valence-corrected chi connectivity index (χ1v) is 7.56. The number of esters is 1. The lowest BCUT2D eigenvalue weighted by Gasteiger charge is -2.21. The quantitative estimate of drug-likeness (QED) is 0.720. The largest absolute Gasteiger partial charge is 0.466 e. The van der Waals surface area contributed by atoms with Gasteiger partial charge >= 0.3 is 5.97 Å². The molecule has 1 heterocycles. The molecule has 1 aromatic heterocycles. The third kappa shape index (κ3) is 4.35. The molecule has 19 heavy (non-hydrogen) atoms. The zero-order valence-corrected chi connectivity index (χ0v) is 11.9. The van der Waals surface area contributed by atoms with Gasteiger partial charge in [0.25, 0.3) is 0 Å². The predicted octanol–water partition coefficient (Wildman–Crippen LogP) is 2.23. The molecular weight excluding hydrogens is 262 g/mol. The summed E-state index contributed by atoms with van der Waals surface area (Å²) in [5.41, 5.74) is 0. The van der Waals surface area contributed by atoms with Gasteiger partial charge in [-0.25, -0.2) is 0 Å². The standard InChI is InChI=1S/C14H19NO3S/c1-2-18-14(17)7-8-15(11-5-6-11)13(16)10-12-4-3-9-19-12/h3-4,9,11H,2,5-8,10H2,1H3. The number of thiophene rings is 1. The Labute approximate surface area is 117 Å². The third-order valence-corrected chi connectivity index (χ3v) is 3.95. The van der Waals surface area contributed by atoms with Crippen molar-refractivity contribution in [3.63, 3.8) is 0 Å². The number of rotatable bonds is 7. The Bertz CT molecular complexity index is 426. The van der Waals surface area contributed by atoms with E-state index in [9.17, 15) is 9.59 Å². The number of nitrogens with zero attached hydrogens (tertiary/aromatic N) is 1.